The number of carbonyl (C=O) groups is 2. The van der Waals surface area contributed by atoms with Gasteiger partial charge in [-0.25, -0.2) is 4.98 Å². The molecule has 0 aliphatic rings. The first-order valence-corrected chi connectivity index (χ1v) is 6.46. The van der Waals surface area contributed by atoms with E-state index in [4.69, 9.17) is 9.52 Å². The van der Waals surface area contributed by atoms with E-state index in [1.54, 1.807) is 45.0 Å². The largest absolute Gasteiger partial charge is 0.481 e. The van der Waals surface area contributed by atoms with Crippen molar-refractivity contribution in [3.63, 3.8) is 0 Å². The van der Waals surface area contributed by atoms with E-state index in [9.17, 15) is 9.59 Å². The Kier molecular flexibility index (Phi) is 4.07. The van der Waals surface area contributed by atoms with Crippen LogP contribution in [-0.4, -0.2) is 22.0 Å². The molecule has 0 radical (unpaired) electrons. The second kappa shape index (κ2) is 5.78. The molecule has 1 aromatic carbocycles. The van der Waals surface area contributed by atoms with Gasteiger partial charge in [-0.3, -0.25) is 9.59 Å². The molecule has 1 unspecified atom stereocenters. The SMILES string of the molecule is Cc1nc(C)c(C(=O)Nc2cccc(C(C)C(=O)O)c2)o1. The average Bonchev–Trinajstić information content (AvgIpc) is 2.77. The summed E-state index contributed by atoms with van der Waals surface area (Å²) in [5.41, 5.74) is 1.64. The number of nitrogens with zero attached hydrogens (tertiary/aromatic N) is 1. The summed E-state index contributed by atoms with van der Waals surface area (Å²) in [4.78, 5) is 27.1. The number of carbonyl (C=O) groups excluding carboxylic acids is 1. The molecule has 110 valence electrons. The molecule has 0 saturated heterocycles. The van der Waals surface area contributed by atoms with Gasteiger partial charge in [-0.05, 0) is 31.5 Å². The van der Waals surface area contributed by atoms with Gasteiger partial charge in [0.2, 0.25) is 5.76 Å². The number of amides is 1. The second-order valence-electron chi connectivity index (χ2n) is 4.79. The lowest BCUT2D eigenvalue weighted by Gasteiger charge is -2.09. The quantitative estimate of drug-likeness (QED) is 0.902. The van der Waals surface area contributed by atoms with E-state index in [-0.39, 0.29) is 5.76 Å². The Labute approximate surface area is 121 Å². The fourth-order valence-electron chi connectivity index (χ4n) is 1.96. The average molecular weight is 288 g/mol. The number of aryl methyl sites for hydroxylation is 2. The minimum absolute atomic E-state index is 0.157. The topological polar surface area (TPSA) is 92.4 Å². The van der Waals surface area contributed by atoms with Gasteiger partial charge in [-0.2, -0.15) is 0 Å². The molecule has 0 spiro atoms. The van der Waals surface area contributed by atoms with Crippen molar-refractivity contribution in [3.8, 4) is 0 Å². The summed E-state index contributed by atoms with van der Waals surface area (Å²) in [5, 5.41) is 11.7. The van der Waals surface area contributed by atoms with Gasteiger partial charge in [0, 0.05) is 12.6 Å². The van der Waals surface area contributed by atoms with Gasteiger partial charge in [-0.1, -0.05) is 12.1 Å². The third-order valence-electron chi connectivity index (χ3n) is 3.12. The van der Waals surface area contributed by atoms with Gasteiger partial charge < -0.3 is 14.8 Å². The van der Waals surface area contributed by atoms with Crippen molar-refractivity contribution in [2.45, 2.75) is 26.7 Å². The maximum atomic E-state index is 12.1. The molecule has 21 heavy (non-hydrogen) atoms. The van der Waals surface area contributed by atoms with E-state index in [1.165, 1.54) is 0 Å². The minimum atomic E-state index is -0.916. The van der Waals surface area contributed by atoms with Crippen molar-refractivity contribution in [1.82, 2.24) is 4.98 Å². The van der Waals surface area contributed by atoms with Crippen LogP contribution in [0.3, 0.4) is 0 Å². The number of rotatable bonds is 4. The predicted octanol–water partition coefficient (Wildman–Crippen LogP) is 2.73. The Balaban J connectivity index is 2.20. The van der Waals surface area contributed by atoms with E-state index < -0.39 is 17.8 Å². The first kappa shape index (κ1) is 14.8. The number of carboxylic acids is 1. The number of hydrogen-bond acceptors (Lipinski definition) is 4. The molecule has 2 rings (SSSR count). The normalized spacial score (nSPS) is 12.0. The third-order valence-corrected chi connectivity index (χ3v) is 3.12. The summed E-state index contributed by atoms with van der Waals surface area (Å²) in [6.45, 7) is 4.94. The molecule has 0 bridgehead atoms. The summed E-state index contributed by atoms with van der Waals surface area (Å²) in [6, 6.07) is 6.73. The van der Waals surface area contributed by atoms with Crippen LogP contribution in [0, 0.1) is 13.8 Å². The fourth-order valence-corrected chi connectivity index (χ4v) is 1.96. The van der Waals surface area contributed by atoms with Crippen molar-refractivity contribution < 1.29 is 19.1 Å². The van der Waals surface area contributed by atoms with Crippen molar-refractivity contribution in [1.29, 1.82) is 0 Å². The molecular weight excluding hydrogens is 272 g/mol. The van der Waals surface area contributed by atoms with Crippen LogP contribution in [0.25, 0.3) is 0 Å². The molecule has 1 heterocycles. The summed E-state index contributed by atoms with van der Waals surface area (Å²) in [7, 11) is 0. The third kappa shape index (κ3) is 3.28. The molecule has 2 aromatic rings. The highest BCUT2D eigenvalue weighted by Gasteiger charge is 2.17. The van der Waals surface area contributed by atoms with Crippen LogP contribution >= 0.6 is 0 Å². The van der Waals surface area contributed by atoms with Crippen molar-refractivity contribution in [2.24, 2.45) is 0 Å². The van der Waals surface area contributed by atoms with Crippen LogP contribution in [-0.2, 0) is 4.79 Å². The highest BCUT2D eigenvalue weighted by atomic mass is 16.4. The number of nitrogens with one attached hydrogen (secondary N) is 1. The number of anilines is 1. The van der Waals surface area contributed by atoms with Crippen LogP contribution in [0.4, 0.5) is 5.69 Å². The number of carboxylic acid groups (broad SMARTS) is 1. The lowest BCUT2D eigenvalue weighted by Crippen LogP contribution is -2.13. The summed E-state index contributed by atoms with van der Waals surface area (Å²) in [6.07, 6.45) is 0. The lowest BCUT2D eigenvalue weighted by molar-refractivity contribution is -0.138. The molecule has 0 aliphatic carbocycles. The second-order valence-corrected chi connectivity index (χ2v) is 4.79. The van der Waals surface area contributed by atoms with Crippen LogP contribution in [0.15, 0.2) is 28.7 Å². The van der Waals surface area contributed by atoms with Gasteiger partial charge in [0.05, 0.1) is 11.6 Å². The van der Waals surface area contributed by atoms with E-state index in [0.29, 0.717) is 22.8 Å². The number of aromatic nitrogens is 1. The maximum Gasteiger partial charge on any atom is 0.310 e. The van der Waals surface area contributed by atoms with Gasteiger partial charge in [-0.15, -0.1) is 0 Å². The molecule has 1 atom stereocenters. The molecule has 2 N–H and O–H groups in total. The number of aliphatic carboxylic acids is 1. The van der Waals surface area contributed by atoms with Crippen LogP contribution in [0.2, 0.25) is 0 Å². The maximum absolute atomic E-state index is 12.1. The first-order valence-electron chi connectivity index (χ1n) is 6.46. The van der Waals surface area contributed by atoms with Gasteiger partial charge >= 0.3 is 5.97 Å². The molecule has 0 fully saturated rings. The molecule has 6 heteroatoms. The zero-order valence-electron chi connectivity index (χ0n) is 12.0. The smallest absolute Gasteiger partial charge is 0.310 e. The fraction of sp³-hybridized carbons (Fsp3) is 0.267. The molecule has 6 nitrogen and oxygen atoms in total. The van der Waals surface area contributed by atoms with Crippen molar-refractivity contribution >= 4 is 17.6 Å². The minimum Gasteiger partial charge on any atom is -0.481 e. The zero-order chi connectivity index (χ0) is 15.6. The van der Waals surface area contributed by atoms with E-state index in [1.807, 2.05) is 0 Å². The van der Waals surface area contributed by atoms with Crippen LogP contribution in [0.1, 0.15) is 40.5 Å². The standard InChI is InChI=1S/C15H16N2O4/c1-8(15(19)20)11-5-4-6-12(7-11)17-14(18)13-9(2)16-10(3)21-13/h4-8H,1-3H3,(H,17,18)(H,19,20). The molecule has 0 saturated carbocycles. The van der Waals surface area contributed by atoms with Gasteiger partial charge in [0.1, 0.15) is 0 Å². The molecular formula is C15H16N2O4. The zero-order valence-corrected chi connectivity index (χ0v) is 12.0. The Bertz CT molecular complexity index is 691. The monoisotopic (exact) mass is 288 g/mol. The molecule has 1 aromatic heterocycles. The first-order chi connectivity index (χ1) is 9.88. The number of oxazole rings is 1. The predicted molar refractivity (Wildman–Crippen MR) is 76.4 cm³/mol. The van der Waals surface area contributed by atoms with Gasteiger partial charge in [0.15, 0.2) is 5.89 Å². The Hall–Kier alpha value is -2.63. The highest BCUT2D eigenvalue weighted by molar-refractivity contribution is 6.03. The number of benzene rings is 1. The van der Waals surface area contributed by atoms with Crippen molar-refractivity contribution in [3.05, 3.63) is 47.2 Å². The summed E-state index contributed by atoms with van der Waals surface area (Å²) in [5.74, 6) is -1.39. The molecule has 1 amide bonds. The van der Waals surface area contributed by atoms with E-state index in [2.05, 4.69) is 10.3 Å². The van der Waals surface area contributed by atoms with Gasteiger partial charge in [0.25, 0.3) is 5.91 Å². The Morgan fingerprint density at radius 2 is 2.05 bits per heavy atom. The summed E-state index contributed by atoms with van der Waals surface area (Å²) < 4.78 is 5.25. The lowest BCUT2D eigenvalue weighted by atomic mass is 10.0. The summed E-state index contributed by atoms with van der Waals surface area (Å²) >= 11 is 0. The van der Waals surface area contributed by atoms with Crippen molar-refractivity contribution in [2.75, 3.05) is 5.32 Å². The Morgan fingerprint density at radius 3 is 2.62 bits per heavy atom. The van der Waals surface area contributed by atoms with E-state index >= 15 is 0 Å². The molecule has 0 aliphatic heterocycles. The van der Waals surface area contributed by atoms with Crippen LogP contribution < -0.4 is 5.32 Å². The van der Waals surface area contributed by atoms with Crippen LogP contribution in [0.5, 0.6) is 0 Å². The highest BCUT2D eigenvalue weighted by Crippen LogP contribution is 2.20. The Morgan fingerprint density at radius 1 is 1.33 bits per heavy atom. The van der Waals surface area contributed by atoms with E-state index in [0.717, 1.165) is 0 Å². The number of hydrogen-bond donors (Lipinski definition) is 2.